The highest BCUT2D eigenvalue weighted by atomic mass is 15.2. The highest BCUT2D eigenvalue weighted by Gasteiger charge is 2.23. The molecule has 1 aromatic heterocycles. The first-order valence-electron chi connectivity index (χ1n) is 6.91. The molecule has 1 N–H and O–H groups in total. The SMILES string of the molecule is CC(C)(C#N)CNC1CCN(c2ccccn2)CC1. The van der Waals surface area contributed by atoms with Crippen LogP contribution in [0.3, 0.4) is 0 Å². The molecule has 0 unspecified atom stereocenters. The van der Waals surface area contributed by atoms with E-state index in [-0.39, 0.29) is 5.41 Å². The Kier molecular flexibility index (Phi) is 4.39. The van der Waals surface area contributed by atoms with Crippen molar-refractivity contribution in [2.24, 2.45) is 5.41 Å². The van der Waals surface area contributed by atoms with Crippen LogP contribution in [-0.2, 0) is 0 Å². The Hall–Kier alpha value is -1.60. The number of nitriles is 1. The quantitative estimate of drug-likeness (QED) is 0.899. The minimum Gasteiger partial charge on any atom is -0.357 e. The standard InChI is InChI=1S/C15H22N4/c1-15(2,11-16)12-18-13-6-9-19(10-7-13)14-5-3-4-8-17-14/h3-5,8,13,18H,6-7,9-10,12H2,1-2H3. The van der Waals surface area contributed by atoms with Gasteiger partial charge in [0.15, 0.2) is 0 Å². The smallest absolute Gasteiger partial charge is 0.128 e. The van der Waals surface area contributed by atoms with Gasteiger partial charge < -0.3 is 10.2 Å². The number of nitrogens with zero attached hydrogens (tertiary/aromatic N) is 3. The molecular weight excluding hydrogens is 236 g/mol. The van der Waals surface area contributed by atoms with Crippen LogP contribution in [0.5, 0.6) is 0 Å². The fourth-order valence-corrected chi connectivity index (χ4v) is 2.29. The number of pyridine rings is 1. The van der Waals surface area contributed by atoms with E-state index in [0.717, 1.165) is 38.3 Å². The summed E-state index contributed by atoms with van der Waals surface area (Å²) in [5, 5.41) is 12.5. The molecule has 2 rings (SSSR count). The minimum absolute atomic E-state index is 0.280. The summed E-state index contributed by atoms with van der Waals surface area (Å²) in [5.41, 5.74) is -0.280. The molecule has 0 atom stereocenters. The van der Waals surface area contributed by atoms with Crippen molar-refractivity contribution in [3.8, 4) is 6.07 Å². The van der Waals surface area contributed by atoms with Gasteiger partial charge in [-0.15, -0.1) is 0 Å². The van der Waals surface area contributed by atoms with E-state index in [4.69, 9.17) is 5.26 Å². The number of rotatable bonds is 4. The summed E-state index contributed by atoms with van der Waals surface area (Å²) in [6, 6.07) is 8.89. The van der Waals surface area contributed by atoms with Gasteiger partial charge in [0.2, 0.25) is 0 Å². The molecule has 19 heavy (non-hydrogen) atoms. The lowest BCUT2D eigenvalue weighted by Gasteiger charge is -2.34. The highest BCUT2D eigenvalue weighted by molar-refractivity contribution is 5.38. The largest absolute Gasteiger partial charge is 0.357 e. The molecular formula is C15H22N4. The van der Waals surface area contributed by atoms with Crippen LogP contribution in [0.25, 0.3) is 0 Å². The average Bonchev–Trinajstić information content (AvgIpc) is 2.47. The molecule has 0 aromatic carbocycles. The van der Waals surface area contributed by atoms with E-state index in [1.165, 1.54) is 0 Å². The van der Waals surface area contributed by atoms with Crippen LogP contribution in [0, 0.1) is 16.7 Å². The molecule has 0 aliphatic carbocycles. The van der Waals surface area contributed by atoms with Crippen LogP contribution in [0.15, 0.2) is 24.4 Å². The first-order valence-corrected chi connectivity index (χ1v) is 6.91. The van der Waals surface area contributed by atoms with Gasteiger partial charge in [-0.2, -0.15) is 5.26 Å². The molecule has 4 nitrogen and oxygen atoms in total. The van der Waals surface area contributed by atoms with E-state index in [1.807, 2.05) is 32.2 Å². The van der Waals surface area contributed by atoms with Gasteiger partial charge >= 0.3 is 0 Å². The lowest BCUT2D eigenvalue weighted by atomic mass is 9.94. The van der Waals surface area contributed by atoms with E-state index in [1.54, 1.807) is 0 Å². The zero-order chi connectivity index (χ0) is 13.7. The Morgan fingerprint density at radius 1 is 1.42 bits per heavy atom. The molecule has 4 heteroatoms. The van der Waals surface area contributed by atoms with Crippen molar-refractivity contribution in [1.29, 1.82) is 5.26 Å². The normalized spacial score (nSPS) is 17.2. The zero-order valence-corrected chi connectivity index (χ0v) is 11.8. The van der Waals surface area contributed by atoms with Gasteiger partial charge in [0.25, 0.3) is 0 Å². The predicted molar refractivity (Wildman–Crippen MR) is 76.9 cm³/mol. The van der Waals surface area contributed by atoms with Crippen LogP contribution in [0.1, 0.15) is 26.7 Å². The fraction of sp³-hybridized carbons (Fsp3) is 0.600. The molecule has 0 spiro atoms. The Morgan fingerprint density at radius 3 is 2.74 bits per heavy atom. The fourth-order valence-electron chi connectivity index (χ4n) is 2.29. The number of hydrogen-bond donors (Lipinski definition) is 1. The van der Waals surface area contributed by atoms with Crippen molar-refractivity contribution in [3.63, 3.8) is 0 Å². The van der Waals surface area contributed by atoms with Crippen LogP contribution in [0.2, 0.25) is 0 Å². The zero-order valence-electron chi connectivity index (χ0n) is 11.8. The van der Waals surface area contributed by atoms with Gasteiger partial charge in [-0.3, -0.25) is 0 Å². The van der Waals surface area contributed by atoms with Crippen molar-refractivity contribution in [3.05, 3.63) is 24.4 Å². The highest BCUT2D eigenvalue weighted by Crippen LogP contribution is 2.18. The van der Waals surface area contributed by atoms with E-state index in [0.29, 0.717) is 6.04 Å². The molecule has 1 aliphatic rings. The number of piperidine rings is 1. The molecule has 0 radical (unpaired) electrons. The number of nitrogens with one attached hydrogen (secondary N) is 1. The van der Waals surface area contributed by atoms with Gasteiger partial charge in [-0.25, -0.2) is 4.98 Å². The maximum Gasteiger partial charge on any atom is 0.128 e. The van der Waals surface area contributed by atoms with Crippen molar-refractivity contribution >= 4 is 5.82 Å². The summed E-state index contributed by atoms with van der Waals surface area (Å²) in [7, 11) is 0. The van der Waals surface area contributed by atoms with Crippen LogP contribution >= 0.6 is 0 Å². The molecule has 0 saturated carbocycles. The molecule has 0 bridgehead atoms. The number of aromatic nitrogens is 1. The lowest BCUT2D eigenvalue weighted by molar-refractivity contribution is 0.357. The first kappa shape index (κ1) is 13.8. The third-order valence-corrected chi connectivity index (χ3v) is 3.60. The molecule has 102 valence electrons. The van der Waals surface area contributed by atoms with Gasteiger partial charge in [0.05, 0.1) is 11.5 Å². The van der Waals surface area contributed by atoms with Crippen LogP contribution < -0.4 is 10.2 Å². The summed E-state index contributed by atoms with van der Waals surface area (Å²) < 4.78 is 0. The monoisotopic (exact) mass is 258 g/mol. The number of hydrogen-bond acceptors (Lipinski definition) is 4. The van der Waals surface area contributed by atoms with E-state index in [2.05, 4.69) is 27.3 Å². The molecule has 1 aromatic rings. The Bertz CT molecular complexity index is 427. The topological polar surface area (TPSA) is 52.0 Å². The predicted octanol–water partition coefficient (Wildman–Crippen LogP) is 2.19. The van der Waals surface area contributed by atoms with Gasteiger partial charge in [0, 0.05) is 31.9 Å². The van der Waals surface area contributed by atoms with Gasteiger partial charge in [-0.1, -0.05) is 6.07 Å². The Labute approximate surface area is 115 Å². The van der Waals surface area contributed by atoms with Crippen LogP contribution in [0.4, 0.5) is 5.82 Å². The van der Waals surface area contributed by atoms with E-state index in [9.17, 15) is 0 Å². The van der Waals surface area contributed by atoms with Gasteiger partial charge in [-0.05, 0) is 38.8 Å². The molecule has 1 saturated heterocycles. The maximum absolute atomic E-state index is 9.01. The third kappa shape index (κ3) is 3.93. The first-order chi connectivity index (χ1) is 9.11. The third-order valence-electron chi connectivity index (χ3n) is 3.60. The lowest BCUT2D eigenvalue weighted by Crippen LogP contribution is -2.45. The summed E-state index contributed by atoms with van der Waals surface area (Å²) >= 11 is 0. The summed E-state index contributed by atoms with van der Waals surface area (Å²) in [4.78, 5) is 6.72. The van der Waals surface area contributed by atoms with E-state index < -0.39 is 0 Å². The van der Waals surface area contributed by atoms with Crippen molar-refractivity contribution < 1.29 is 0 Å². The molecule has 2 heterocycles. The second-order valence-electron chi connectivity index (χ2n) is 5.83. The maximum atomic E-state index is 9.01. The van der Waals surface area contributed by atoms with E-state index >= 15 is 0 Å². The summed E-state index contributed by atoms with van der Waals surface area (Å²) in [6.45, 7) is 6.77. The Morgan fingerprint density at radius 2 is 2.16 bits per heavy atom. The molecule has 0 amide bonds. The van der Waals surface area contributed by atoms with Crippen molar-refractivity contribution in [2.75, 3.05) is 24.5 Å². The second-order valence-corrected chi connectivity index (χ2v) is 5.83. The number of anilines is 1. The minimum atomic E-state index is -0.280. The van der Waals surface area contributed by atoms with Gasteiger partial charge in [0.1, 0.15) is 5.82 Å². The molecule has 1 fully saturated rings. The average molecular weight is 258 g/mol. The van der Waals surface area contributed by atoms with Crippen molar-refractivity contribution in [2.45, 2.75) is 32.7 Å². The summed E-state index contributed by atoms with van der Waals surface area (Å²) in [5.74, 6) is 1.07. The van der Waals surface area contributed by atoms with Crippen molar-refractivity contribution in [1.82, 2.24) is 10.3 Å². The Balaban J connectivity index is 1.79. The summed E-state index contributed by atoms with van der Waals surface area (Å²) in [6.07, 6.45) is 4.06. The van der Waals surface area contributed by atoms with Crippen LogP contribution in [-0.4, -0.2) is 30.7 Å². The second kappa shape index (κ2) is 6.03. The molecule has 1 aliphatic heterocycles.